The lowest BCUT2D eigenvalue weighted by Gasteiger charge is -2.11. The molecule has 4 heteroatoms. The van der Waals surface area contributed by atoms with E-state index in [1.165, 1.54) is 19.3 Å². The van der Waals surface area contributed by atoms with E-state index in [1.54, 1.807) is 6.33 Å². The largest absolute Gasteiger partial charge is 0.478 e. The maximum absolute atomic E-state index is 5.46. The quantitative estimate of drug-likeness (QED) is 0.823. The van der Waals surface area contributed by atoms with Crippen LogP contribution in [0.3, 0.4) is 0 Å². The second-order valence-corrected chi connectivity index (χ2v) is 4.62. The molecule has 1 aliphatic rings. The van der Waals surface area contributed by atoms with Gasteiger partial charge in [-0.25, -0.2) is 9.97 Å². The molecule has 0 aliphatic heterocycles. The van der Waals surface area contributed by atoms with Crippen LogP contribution < -0.4 is 10.1 Å². The molecule has 1 saturated carbocycles. The highest BCUT2D eigenvalue weighted by Crippen LogP contribution is 2.37. The van der Waals surface area contributed by atoms with Crippen LogP contribution in [0, 0.1) is 12.8 Å². The highest BCUT2D eigenvalue weighted by atomic mass is 16.5. The molecule has 1 N–H and O–H groups in total. The van der Waals surface area contributed by atoms with Gasteiger partial charge in [-0.15, -0.1) is 0 Å². The molecular weight excluding hydrogens is 214 g/mol. The fourth-order valence-electron chi connectivity index (χ4n) is 2.15. The van der Waals surface area contributed by atoms with Crippen molar-refractivity contribution in [3.63, 3.8) is 0 Å². The van der Waals surface area contributed by atoms with Gasteiger partial charge >= 0.3 is 0 Å². The van der Waals surface area contributed by atoms with Crippen molar-refractivity contribution in [2.75, 3.05) is 11.9 Å². The lowest BCUT2D eigenvalue weighted by molar-refractivity contribution is 0.324. The lowest BCUT2D eigenvalue weighted by atomic mass is 10.2. The average molecular weight is 235 g/mol. The van der Waals surface area contributed by atoms with Gasteiger partial charge in [0.15, 0.2) is 0 Å². The minimum Gasteiger partial charge on any atom is -0.478 e. The van der Waals surface area contributed by atoms with Crippen molar-refractivity contribution in [3.05, 3.63) is 11.9 Å². The standard InChI is InChI=1S/C13H21N3O/c1-4-6-10-7-11(10)16-12-9(3)13(17-5-2)15-8-14-12/h8,10-11H,4-7H2,1-3H3,(H,14,15,16). The van der Waals surface area contributed by atoms with Gasteiger partial charge in [-0.3, -0.25) is 0 Å². The van der Waals surface area contributed by atoms with E-state index in [9.17, 15) is 0 Å². The highest BCUT2D eigenvalue weighted by Gasteiger charge is 2.36. The first-order valence-corrected chi connectivity index (χ1v) is 6.47. The van der Waals surface area contributed by atoms with Crippen LogP contribution >= 0.6 is 0 Å². The first kappa shape index (κ1) is 12.1. The third kappa shape index (κ3) is 2.87. The summed E-state index contributed by atoms with van der Waals surface area (Å²) in [7, 11) is 0. The third-order valence-corrected chi connectivity index (χ3v) is 3.22. The molecule has 1 aromatic rings. The Labute approximate surface area is 103 Å². The predicted octanol–water partition coefficient (Wildman–Crippen LogP) is 2.78. The Hall–Kier alpha value is -1.32. The number of hydrogen-bond donors (Lipinski definition) is 1. The average Bonchev–Trinajstić information content (AvgIpc) is 3.03. The fraction of sp³-hybridized carbons (Fsp3) is 0.692. The second-order valence-electron chi connectivity index (χ2n) is 4.62. The molecule has 2 rings (SSSR count). The summed E-state index contributed by atoms with van der Waals surface area (Å²) in [4.78, 5) is 8.43. The molecule has 0 spiro atoms. The van der Waals surface area contributed by atoms with E-state index in [4.69, 9.17) is 4.74 Å². The van der Waals surface area contributed by atoms with Crippen molar-refractivity contribution in [3.8, 4) is 5.88 Å². The Morgan fingerprint density at radius 1 is 1.41 bits per heavy atom. The minimum absolute atomic E-state index is 0.595. The lowest BCUT2D eigenvalue weighted by Crippen LogP contribution is -2.09. The van der Waals surface area contributed by atoms with Crippen LogP contribution in [0.2, 0.25) is 0 Å². The van der Waals surface area contributed by atoms with Crippen LogP contribution in [-0.4, -0.2) is 22.6 Å². The molecule has 94 valence electrons. The monoisotopic (exact) mass is 235 g/mol. The predicted molar refractivity (Wildman–Crippen MR) is 68.4 cm³/mol. The Morgan fingerprint density at radius 2 is 2.24 bits per heavy atom. The summed E-state index contributed by atoms with van der Waals surface area (Å²) >= 11 is 0. The molecule has 2 unspecified atom stereocenters. The molecule has 0 bridgehead atoms. The second kappa shape index (κ2) is 5.34. The van der Waals surface area contributed by atoms with Crippen LogP contribution in [-0.2, 0) is 0 Å². The Kier molecular flexibility index (Phi) is 3.82. The van der Waals surface area contributed by atoms with E-state index < -0.39 is 0 Å². The maximum atomic E-state index is 5.46. The van der Waals surface area contributed by atoms with Crippen LogP contribution in [0.15, 0.2) is 6.33 Å². The van der Waals surface area contributed by atoms with E-state index in [-0.39, 0.29) is 0 Å². The summed E-state index contributed by atoms with van der Waals surface area (Å²) in [6.07, 6.45) is 5.40. The molecule has 1 aromatic heterocycles. The molecule has 0 amide bonds. The van der Waals surface area contributed by atoms with Crippen molar-refractivity contribution in [1.82, 2.24) is 9.97 Å². The first-order chi connectivity index (χ1) is 8.26. The number of nitrogens with one attached hydrogen (secondary N) is 1. The number of aromatic nitrogens is 2. The summed E-state index contributed by atoms with van der Waals surface area (Å²) in [6.45, 7) is 6.84. The zero-order valence-corrected chi connectivity index (χ0v) is 10.9. The summed E-state index contributed by atoms with van der Waals surface area (Å²) in [5.74, 6) is 2.44. The van der Waals surface area contributed by atoms with Crippen molar-refractivity contribution >= 4 is 5.82 Å². The van der Waals surface area contributed by atoms with Gasteiger partial charge in [0.05, 0.1) is 12.2 Å². The zero-order valence-electron chi connectivity index (χ0n) is 10.9. The van der Waals surface area contributed by atoms with Crippen LogP contribution in [0.1, 0.15) is 38.7 Å². The van der Waals surface area contributed by atoms with Crippen molar-refractivity contribution in [1.29, 1.82) is 0 Å². The Balaban J connectivity index is 1.99. The van der Waals surface area contributed by atoms with Crippen LogP contribution in [0.4, 0.5) is 5.82 Å². The molecule has 1 fully saturated rings. The molecule has 0 aromatic carbocycles. The van der Waals surface area contributed by atoms with Gasteiger partial charge < -0.3 is 10.1 Å². The molecule has 1 heterocycles. The number of hydrogen-bond acceptors (Lipinski definition) is 4. The number of rotatable bonds is 6. The topological polar surface area (TPSA) is 47.0 Å². The molecule has 0 saturated heterocycles. The van der Waals surface area contributed by atoms with Crippen LogP contribution in [0.25, 0.3) is 0 Å². The smallest absolute Gasteiger partial charge is 0.221 e. The van der Waals surface area contributed by atoms with E-state index in [2.05, 4.69) is 22.2 Å². The normalized spacial score (nSPS) is 22.3. The summed E-state index contributed by atoms with van der Waals surface area (Å²) < 4.78 is 5.46. The molecular formula is C13H21N3O. The molecule has 1 aliphatic carbocycles. The first-order valence-electron chi connectivity index (χ1n) is 6.47. The summed E-state index contributed by atoms with van der Waals surface area (Å²) in [6, 6.07) is 0.595. The van der Waals surface area contributed by atoms with Crippen molar-refractivity contribution in [2.24, 2.45) is 5.92 Å². The highest BCUT2D eigenvalue weighted by molar-refractivity contribution is 5.49. The Bertz CT molecular complexity index is 381. The SMILES string of the molecule is CCCC1CC1Nc1ncnc(OCC)c1C. The van der Waals surface area contributed by atoms with Gasteiger partial charge in [-0.05, 0) is 32.6 Å². The van der Waals surface area contributed by atoms with Gasteiger partial charge in [0, 0.05) is 6.04 Å². The summed E-state index contributed by atoms with van der Waals surface area (Å²) in [5.41, 5.74) is 1.01. The van der Waals surface area contributed by atoms with Gasteiger partial charge in [0.25, 0.3) is 0 Å². The van der Waals surface area contributed by atoms with Crippen molar-refractivity contribution < 1.29 is 4.74 Å². The van der Waals surface area contributed by atoms with Gasteiger partial charge in [-0.1, -0.05) is 13.3 Å². The van der Waals surface area contributed by atoms with Crippen LogP contribution in [0.5, 0.6) is 5.88 Å². The number of ether oxygens (including phenoxy) is 1. The minimum atomic E-state index is 0.595. The third-order valence-electron chi connectivity index (χ3n) is 3.22. The summed E-state index contributed by atoms with van der Waals surface area (Å²) in [5, 5.41) is 3.49. The molecule has 2 atom stereocenters. The molecule has 17 heavy (non-hydrogen) atoms. The fourth-order valence-corrected chi connectivity index (χ4v) is 2.15. The molecule has 4 nitrogen and oxygen atoms in total. The van der Waals surface area contributed by atoms with E-state index in [1.807, 2.05) is 13.8 Å². The van der Waals surface area contributed by atoms with Gasteiger partial charge in [0.2, 0.25) is 5.88 Å². The maximum Gasteiger partial charge on any atom is 0.221 e. The van der Waals surface area contributed by atoms with E-state index in [0.717, 1.165) is 17.3 Å². The van der Waals surface area contributed by atoms with Gasteiger partial charge in [-0.2, -0.15) is 0 Å². The van der Waals surface area contributed by atoms with E-state index in [0.29, 0.717) is 18.5 Å². The number of nitrogens with zero attached hydrogens (tertiary/aromatic N) is 2. The zero-order chi connectivity index (χ0) is 12.3. The molecule has 0 radical (unpaired) electrons. The Morgan fingerprint density at radius 3 is 2.94 bits per heavy atom. The van der Waals surface area contributed by atoms with E-state index >= 15 is 0 Å². The van der Waals surface area contributed by atoms with Gasteiger partial charge in [0.1, 0.15) is 12.1 Å². The van der Waals surface area contributed by atoms with Crippen molar-refractivity contribution in [2.45, 2.75) is 46.1 Å². The number of anilines is 1.